The minimum Gasteiger partial charge on any atom is -0.506 e. The standard InChI is InChI=1S/C13H13NO/c1-9-4-3-5-12(10(9)2)13-7-6-11(15)8-14-13/h3-8,15H,1-2H3. The quantitative estimate of drug-likeness (QED) is 0.765. The van der Waals surface area contributed by atoms with E-state index in [4.69, 9.17) is 5.11 Å². The van der Waals surface area contributed by atoms with E-state index in [1.54, 1.807) is 6.07 Å². The molecule has 0 aliphatic heterocycles. The summed E-state index contributed by atoms with van der Waals surface area (Å²) in [6, 6.07) is 9.63. The Morgan fingerprint density at radius 2 is 1.87 bits per heavy atom. The summed E-state index contributed by atoms with van der Waals surface area (Å²) in [5.41, 5.74) is 4.50. The van der Waals surface area contributed by atoms with Crippen molar-refractivity contribution in [2.75, 3.05) is 0 Å². The van der Waals surface area contributed by atoms with E-state index in [2.05, 4.69) is 24.9 Å². The van der Waals surface area contributed by atoms with Crippen LogP contribution in [0.3, 0.4) is 0 Å². The van der Waals surface area contributed by atoms with E-state index in [-0.39, 0.29) is 5.75 Å². The van der Waals surface area contributed by atoms with Gasteiger partial charge in [-0.2, -0.15) is 0 Å². The van der Waals surface area contributed by atoms with Gasteiger partial charge >= 0.3 is 0 Å². The normalized spacial score (nSPS) is 10.3. The van der Waals surface area contributed by atoms with Crippen molar-refractivity contribution in [3.8, 4) is 17.0 Å². The average Bonchev–Trinajstić information content (AvgIpc) is 2.24. The van der Waals surface area contributed by atoms with E-state index in [1.165, 1.54) is 17.3 Å². The Hall–Kier alpha value is -1.83. The maximum atomic E-state index is 9.16. The first-order valence-electron chi connectivity index (χ1n) is 4.90. The Kier molecular flexibility index (Phi) is 2.42. The number of hydrogen-bond donors (Lipinski definition) is 1. The lowest BCUT2D eigenvalue weighted by Crippen LogP contribution is -1.88. The van der Waals surface area contributed by atoms with Gasteiger partial charge in [-0.1, -0.05) is 18.2 Å². The van der Waals surface area contributed by atoms with Crippen LogP contribution in [0.25, 0.3) is 11.3 Å². The van der Waals surface area contributed by atoms with Crippen molar-refractivity contribution in [1.29, 1.82) is 0 Å². The summed E-state index contributed by atoms with van der Waals surface area (Å²) in [4.78, 5) is 4.20. The molecule has 1 N–H and O–H groups in total. The van der Waals surface area contributed by atoms with E-state index in [0.717, 1.165) is 11.3 Å². The van der Waals surface area contributed by atoms with E-state index in [9.17, 15) is 0 Å². The van der Waals surface area contributed by atoms with Gasteiger partial charge in [-0.3, -0.25) is 4.98 Å². The van der Waals surface area contributed by atoms with Gasteiger partial charge in [0, 0.05) is 5.56 Å². The van der Waals surface area contributed by atoms with Crippen LogP contribution >= 0.6 is 0 Å². The largest absolute Gasteiger partial charge is 0.506 e. The Labute approximate surface area is 89.2 Å². The Morgan fingerprint density at radius 1 is 1.07 bits per heavy atom. The zero-order valence-corrected chi connectivity index (χ0v) is 8.86. The topological polar surface area (TPSA) is 33.1 Å². The van der Waals surface area contributed by atoms with Crippen molar-refractivity contribution in [3.63, 3.8) is 0 Å². The van der Waals surface area contributed by atoms with Crippen LogP contribution in [-0.2, 0) is 0 Å². The average molecular weight is 199 g/mol. The molecule has 0 fully saturated rings. The lowest BCUT2D eigenvalue weighted by Gasteiger charge is -2.07. The van der Waals surface area contributed by atoms with Crippen LogP contribution in [0.1, 0.15) is 11.1 Å². The highest BCUT2D eigenvalue weighted by molar-refractivity contribution is 5.65. The van der Waals surface area contributed by atoms with Gasteiger partial charge in [0.25, 0.3) is 0 Å². The molecule has 2 nitrogen and oxygen atoms in total. The highest BCUT2D eigenvalue weighted by Crippen LogP contribution is 2.24. The summed E-state index contributed by atoms with van der Waals surface area (Å²) >= 11 is 0. The van der Waals surface area contributed by atoms with Crippen LogP contribution in [-0.4, -0.2) is 10.1 Å². The van der Waals surface area contributed by atoms with Crippen LogP contribution in [0.15, 0.2) is 36.5 Å². The number of nitrogens with zero attached hydrogens (tertiary/aromatic N) is 1. The summed E-state index contributed by atoms with van der Waals surface area (Å²) in [7, 11) is 0. The first-order valence-corrected chi connectivity index (χ1v) is 4.90. The van der Waals surface area contributed by atoms with Gasteiger partial charge in [0.15, 0.2) is 0 Å². The molecule has 0 aliphatic rings. The molecular weight excluding hydrogens is 186 g/mol. The molecular formula is C13H13NO. The molecule has 1 heterocycles. The minimum atomic E-state index is 0.198. The molecule has 15 heavy (non-hydrogen) atoms. The Morgan fingerprint density at radius 3 is 2.53 bits per heavy atom. The van der Waals surface area contributed by atoms with Gasteiger partial charge in [-0.15, -0.1) is 0 Å². The van der Waals surface area contributed by atoms with Crippen molar-refractivity contribution in [2.45, 2.75) is 13.8 Å². The fourth-order valence-electron chi connectivity index (χ4n) is 1.57. The van der Waals surface area contributed by atoms with Gasteiger partial charge in [-0.05, 0) is 37.1 Å². The molecule has 0 atom stereocenters. The van der Waals surface area contributed by atoms with Crippen molar-refractivity contribution in [2.24, 2.45) is 0 Å². The third-order valence-corrected chi connectivity index (χ3v) is 2.63. The Bertz CT molecular complexity index is 474. The number of aryl methyl sites for hydroxylation is 1. The summed E-state index contributed by atoms with van der Waals surface area (Å²) in [6.45, 7) is 4.17. The Balaban J connectivity index is 2.54. The molecule has 0 radical (unpaired) electrons. The SMILES string of the molecule is Cc1cccc(-c2ccc(O)cn2)c1C. The molecule has 0 bridgehead atoms. The van der Waals surface area contributed by atoms with Crippen molar-refractivity contribution in [3.05, 3.63) is 47.7 Å². The smallest absolute Gasteiger partial charge is 0.133 e. The maximum absolute atomic E-state index is 9.16. The van der Waals surface area contributed by atoms with Crippen LogP contribution < -0.4 is 0 Å². The fraction of sp³-hybridized carbons (Fsp3) is 0.154. The van der Waals surface area contributed by atoms with E-state index in [1.807, 2.05) is 18.2 Å². The summed E-state index contributed by atoms with van der Waals surface area (Å²) in [5.74, 6) is 0.198. The molecule has 0 spiro atoms. The lowest BCUT2D eigenvalue weighted by molar-refractivity contribution is 0.473. The van der Waals surface area contributed by atoms with E-state index in [0.29, 0.717) is 0 Å². The molecule has 0 amide bonds. The van der Waals surface area contributed by atoms with Gasteiger partial charge in [0.1, 0.15) is 5.75 Å². The minimum absolute atomic E-state index is 0.198. The van der Waals surface area contributed by atoms with Crippen LogP contribution in [0, 0.1) is 13.8 Å². The third-order valence-electron chi connectivity index (χ3n) is 2.63. The van der Waals surface area contributed by atoms with Crippen LogP contribution in [0.5, 0.6) is 5.75 Å². The first kappa shape index (κ1) is 9.71. The number of benzene rings is 1. The predicted octanol–water partition coefficient (Wildman–Crippen LogP) is 3.07. The summed E-state index contributed by atoms with van der Waals surface area (Å²) in [5, 5.41) is 9.16. The molecule has 0 saturated carbocycles. The lowest BCUT2D eigenvalue weighted by atomic mass is 10.0. The van der Waals surface area contributed by atoms with Crippen molar-refractivity contribution >= 4 is 0 Å². The fourth-order valence-corrected chi connectivity index (χ4v) is 1.57. The summed E-state index contributed by atoms with van der Waals surface area (Å²) in [6.07, 6.45) is 1.47. The van der Waals surface area contributed by atoms with Gasteiger partial charge in [0.05, 0.1) is 11.9 Å². The summed E-state index contributed by atoms with van der Waals surface area (Å²) < 4.78 is 0. The second kappa shape index (κ2) is 3.73. The second-order valence-corrected chi connectivity index (χ2v) is 3.65. The van der Waals surface area contributed by atoms with Gasteiger partial charge in [0.2, 0.25) is 0 Å². The highest BCUT2D eigenvalue weighted by Gasteiger charge is 2.04. The van der Waals surface area contributed by atoms with Crippen LogP contribution in [0.2, 0.25) is 0 Å². The van der Waals surface area contributed by atoms with Gasteiger partial charge < -0.3 is 5.11 Å². The molecule has 76 valence electrons. The molecule has 1 aromatic heterocycles. The number of aromatic nitrogens is 1. The zero-order chi connectivity index (χ0) is 10.8. The highest BCUT2D eigenvalue weighted by atomic mass is 16.3. The number of rotatable bonds is 1. The second-order valence-electron chi connectivity index (χ2n) is 3.65. The molecule has 0 unspecified atom stereocenters. The third kappa shape index (κ3) is 1.84. The predicted molar refractivity (Wildman–Crippen MR) is 60.8 cm³/mol. The number of hydrogen-bond acceptors (Lipinski definition) is 2. The van der Waals surface area contributed by atoms with Crippen LogP contribution in [0.4, 0.5) is 0 Å². The number of aromatic hydroxyl groups is 1. The van der Waals surface area contributed by atoms with E-state index < -0.39 is 0 Å². The molecule has 2 rings (SSSR count). The monoisotopic (exact) mass is 199 g/mol. The first-order chi connectivity index (χ1) is 7.18. The van der Waals surface area contributed by atoms with Crippen molar-refractivity contribution < 1.29 is 5.11 Å². The maximum Gasteiger partial charge on any atom is 0.133 e. The van der Waals surface area contributed by atoms with Gasteiger partial charge in [-0.25, -0.2) is 0 Å². The molecule has 0 aliphatic carbocycles. The molecule has 2 heteroatoms. The zero-order valence-electron chi connectivity index (χ0n) is 8.86. The number of pyridine rings is 1. The molecule has 1 aromatic carbocycles. The van der Waals surface area contributed by atoms with Crippen molar-refractivity contribution in [1.82, 2.24) is 4.98 Å². The van der Waals surface area contributed by atoms with E-state index >= 15 is 0 Å². The molecule has 2 aromatic rings. The molecule has 0 saturated heterocycles.